The molecule has 1 aliphatic rings. The van der Waals surface area contributed by atoms with Crippen LogP contribution in [0.3, 0.4) is 0 Å². The van der Waals surface area contributed by atoms with E-state index in [4.69, 9.17) is 4.98 Å². The predicted octanol–water partition coefficient (Wildman–Crippen LogP) is 3.45. The summed E-state index contributed by atoms with van der Waals surface area (Å²) in [6, 6.07) is 13.6. The van der Waals surface area contributed by atoms with E-state index >= 15 is 0 Å². The van der Waals surface area contributed by atoms with Gasteiger partial charge in [-0.25, -0.2) is 4.98 Å². The summed E-state index contributed by atoms with van der Waals surface area (Å²) in [4.78, 5) is 23.3. The van der Waals surface area contributed by atoms with Gasteiger partial charge in [0.1, 0.15) is 5.01 Å². The van der Waals surface area contributed by atoms with E-state index in [-0.39, 0.29) is 5.91 Å². The minimum Gasteiger partial charge on any atom is -0.346 e. The van der Waals surface area contributed by atoms with Crippen molar-refractivity contribution in [3.63, 3.8) is 0 Å². The lowest BCUT2D eigenvalue weighted by Crippen LogP contribution is -2.45. The number of amides is 1. The van der Waals surface area contributed by atoms with Crippen LogP contribution in [0.5, 0.6) is 0 Å². The highest BCUT2D eigenvalue weighted by Crippen LogP contribution is 2.16. The number of rotatable bonds is 7. The van der Waals surface area contributed by atoms with Gasteiger partial charge < -0.3 is 5.32 Å². The van der Waals surface area contributed by atoms with Gasteiger partial charge in [0.2, 0.25) is 0 Å². The smallest absolute Gasteiger partial charge is 0.251 e. The van der Waals surface area contributed by atoms with Crippen molar-refractivity contribution in [2.45, 2.75) is 19.6 Å². The van der Waals surface area contributed by atoms with Crippen LogP contribution in [0.2, 0.25) is 0 Å². The van der Waals surface area contributed by atoms with Crippen molar-refractivity contribution in [1.29, 1.82) is 0 Å². The SMILES string of the molecule is O=C(NCc1nc(CN2CCN(Cc3cccs3)CC2)cs1)c1ccccc1. The number of piperazine rings is 1. The van der Waals surface area contributed by atoms with Gasteiger partial charge in [0, 0.05) is 55.1 Å². The first-order valence-electron chi connectivity index (χ1n) is 9.50. The largest absolute Gasteiger partial charge is 0.346 e. The summed E-state index contributed by atoms with van der Waals surface area (Å²) in [6.07, 6.45) is 0. The molecule has 5 nitrogen and oxygen atoms in total. The fourth-order valence-corrected chi connectivity index (χ4v) is 4.78. The third-order valence-electron chi connectivity index (χ3n) is 4.85. The number of thiophene rings is 1. The zero-order valence-corrected chi connectivity index (χ0v) is 17.3. The molecule has 0 radical (unpaired) electrons. The highest BCUT2D eigenvalue weighted by atomic mass is 32.1. The summed E-state index contributed by atoms with van der Waals surface area (Å²) in [5, 5.41) is 8.16. The van der Waals surface area contributed by atoms with Crippen LogP contribution in [0.4, 0.5) is 0 Å². The zero-order chi connectivity index (χ0) is 19.2. The molecule has 3 heterocycles. The normalized spacial score (nSPS) is 15.6. The molecule has 3 aromatic rings. The molecule has 1 N–H and O–H groups in total. The Morgan fingerprint density at radius 2 is 1.71 bits per heavy atom. The lowest BCUT2D eigenvalue weighted by atomic mass is 10.2. The number of hydrogen-bond acceptors (Lipinski definition) is 6. The van der Waals surface area contributed by atoms with E-state index in [1.165, 1.54) is 4.88 Å². The predicted molar refractivity (Wildman–Crippen MR) is 115 cm³/mol. The van der Waals surface area contributed by atoms with Gasteiger partial charge in [-0.3, -0.25) is 14.6 Å². The summed E-state index contributed by atoms with van der Waals surface area (Å²) in [5.74, 6) is -0.0563. The van der Waals surface area contributed by atoms with E-state index in [0.29, 0.717) is 12.1 Å². The van der Waals surface area contributed by atoms with Crippen molar-refractivity contribution in [3.05, 3.63) is 74.4 Å². The Hall–Kier alpha value is -2.06. The van der Waals surface area contributed by atoms with Crippen LogP contribution in [-0.4, -0.2) is 46.9 Å². The van der Waals surface area contributed by atoms with Gasteiger partial charge in [-0.2, -0.15) is 0 Å². The van der Waals surface area contributed by atoms with E-state index in [9.17, 15) is 4.79 Å². The number of hydrogen-bond donors (Lipinski definition) is 1. The third-order valence-corrected chi connectivity index (χ3v) is 6.60. The number of carbonyl (C=O) groups is 1. The number of aromatic nitrogens is 1. The van der Waals surface area contributed by atoms with Crippen molar-refractivity contribution in [2.24, 2.45) is 0 Å². The van der Waals surface area contributed by atoms with Crippen LogP contribution in [0.25, 0.3) is 0 Å². The third kappa shape index (κ3) is 5.26. The van der Waals surface area contributed by atoms with Crippen molar-refractivity contribution >= 4 is 28.6 Å². The van der Waals surface area contributed by atoms with Crippen LogP contribution in [-0.2, 0) is 19.6 Å². The monoisotopic (exact) mass is 412 g/mol. The molecule has 2 aromatic heterocycles. The van der Waals surface area contributed by atoms with E-state index in [2.05, 4.69) is 38.0 Å². The number of benzene rings is 1. The Balaban J connectivity index is 1.21. The molecule has 1 saturated heterocycles. The van der Waals surface area contributed by atoms with E-state index in [1.54, 1.807) is 11.3 Å². The van der Waals surface area contributed by atoms with Crippen LogP contribution in [0, 0.1) is 0 Å². The molecule has 146 valence electrons. The summed E-state index contributed by atoms with van der Waals surface area (Å²) in [5.41, 5.74) is 1.78. The molecule has 0 atom stereocenters. The highest BCUT2D eigenvalue weighted by Gasteiger charge is 2.18. The maximum Gasteiger partial charge on any atom is 0.251 e. The second-order valence-electron chi connectivity index (χ2n) is 6.91. The molecular formula is C21H24N4OS2. The molecule has 4 rings (SSSR count). The summed E-state index contributed by atoms with van der Waals surface area (Å²) in [6.45, 7) is 6.77. The standard InChI is InChI=1S/C21H24N4OS2/c26-21(17-5-2-1-3-6-17)22-13-20-23-18(16-28-20)14-24-8-10-25(11-9-24)15-19-7-4-12-27-19/h1-7,12,16H,8-11,13-15H2,(H,22,26). The molecule has 0 bridgehead atoms. The first-order chi connectivity index (χ1) is 13.8. The quantitative estimate of drug-likeness (QED) is 0.646. The van der Waals surface area contributed by atoms with Crippen molar-refractivity contribution in [1.82, 2.24) is 20.1 Å². The van der Waals surface area contributed by atoms with Gasteiger partial charge in [-0.05, 0) is 23.6 Å². The van der Waals surface area contributed by atoms with Gasteiger partial charge in [0.05, 0.1) is 12.2 Å². The fraction of sp³-hybridized carbons (Fsp3) is 0.333. The Kier molecular flexibility index (Phi) is 6.49. The van der Waals surface area contributed by atoms with Gasteiger partial charge in [-0.15, -0.1) is 22.7 Å². The van der Waals surface area contributed by atoms with Crippen molar-refractivity contribution in [2.75, 3.05) is 26.2 Å². The van der Waals surface area contributed by atoms with Crippen molar-refractivity contribution < 1.29 is 4.79 Å². The molecule has 1 fully saturated rings. The van der Waals surface area contributed by atoms with Gasteiger partial charge >= 0.3 is 0 Å². The minimum atomic E-state index is -0.0563. The maximum atomic E-state index is 12.1. The first kappa shape index (κ1) is 19.3. The van der Waals surface area contributed by atoms with Gasteiger partial charge in [-0.1, -0.05) is 24.3 Å². The summed E-state index contributed by atoms with van der Waals surface area (Å²) < 4.78 is 0. The number of nitrogens with zero attached hydrogens (tertiary/aromatic N) is 3. The molecule has 0 unspecified atom stereocenters. The molecule has 0 saturated carbocycles. The molecule has 7 heteroatoms. The number of nitrogens with one attached hydrogen (secondary N) is 1. The summed E-state index contributed by atoms with van der Waals surface area (Å²) in [7, 11) is 0. The number of carbonyl (C=O) groups excluding carboxylic acids is 1. The molecule has 0 spiro atoms. The van der Waals surface area contributed by atoms with Crippen molar-refractivity contribution in [3.8, 4) is 0 Å². The Morgan fingerprint density at radius 1 is 0.964 bits per heavy atom. The second-order valence-corrected chi connectivity index (χ2v) is 8.89. The maximum absolute atomic E-state index is 12.1. The molecule has 28 heavy (non-hydrogen) atoms. The van der Waals surface area contributed by atoms with E-state index in [1.807, 2.05) is 41.7 Å². The van der Waals surface area contributed by atoms with Gasteiger partial charge in [0.25, 0.3) is 5.91 Å². The molecule has 0 aliphatic carbocycles. The minimum absolute atomic E-state index is 0.0563. The Bertz CT molecular complexity index is 871. The Morgan fingerprint density at radius 3 is 2.43 bits per heavy atom. The molecule has 1 amide bonds. The fourth-order valence-electron chi connectivity index (χ4n) is 3.31. The first-order valence-corrected chi connectivity index (χ1v) is 11.3. The molecule has 1 aromatic carbocycles. The van der Waals surface area contributed by atoms with Gasteiger partial charge in [0.15, 0.2) is 0 Å². The second kappa shape index (κ2) is 9.43. The Labute approximate surface area is 173 Å². The van der Waals surface area contributed by atoms with Crippen LogP contribution >= 0.6 is 22.7 Å². The zero-order valence-electron chi connectivity index (χ0n) is 15.7. The number of thiazole rings is 1. The summed E-state index contributed by atoms with van der Waals surface area (Å²) >= 11 is 3.45. The lowest BCUT2D eigenvalue weighted by Gasteiger charge is -2.34. The lowest BCUT2D eigenvalue weighted by molar-refractivity contribution is 0.0951. The average Bonchev–Trinajstić information content (AvgIpc) is 3.40. The molecule has 1 aliphatic heterocycles. The van der Waals surface area contributed by atoms with Crippen LogP contribution in [0.1, 0.15) is 25.9 Å². The van der Waals surface area contributed by atoms with E-state index in [0.717, 1.165) is 50.0 Å². The topological polar surface area (TPSA) is 48.5 Å². The van der Waals surface area contributed by atoms with Crippen LogP contribution < -0.4 is 5.32 Å². The average molecular weight is 413 g/mol. The van der Waals surface area contributed by atoms with Crippen LogP contribution in [0.15, 0.2) is 53.2 Å². The van der Waals surface area contributed by atoms with E-state index < -0.39 is 0 Å². The molecular weight excluding hydrogens is 388 g/mol. The highest BCUT2D eigenvalue weighted by molar-refractivity contribution is 7.10.